The molecule has 5 heteroatoms. The van der Waals surface area contributed by atoms with Gasteiger partial charge >= 0.3 is 5.97 Å². The van der Waals surface area contributed by atoms with E-state index in [0.29, 0.717) is 25.4 Å². The lowest BCUT2D eigenvalue weighted by Gasteiger charge is -2.24. The van der Waals surface area contributed by atoms with Gasteiger partial charge in [0.15, 0.2) is 0 Å². The second-order valence-corrected chi connectivity index (χ2v) is 5.64. The minimum Gasteiger partial charge on any atom is -0.489 e. The van der Waals surface area contributed by atoms with Crippen molar-refractivity contribution in [3.8, 4) is 5.75 Å². The van der Waals surface area contributed by atoms with E-state index >= 15 is 0 Å². The predicted molar refractivity (Wildman–Crippen MR) is 90.4 cm³/mol. The molecule has 0 heterocycles. The molecule has 2 aromatic carbocycles. The van der Waals surface area contributed by atoms with Gasteiger partial charge in [0.1, 0.15) is 24.2 Å². The minimum atomic E-state index is -0.833. The van der Waals surface area contributed by atoms with Crippen molar-refractivity contribution in [3.05, 3.63) is 65.5 Å². The van der Waals surface area contributed by atoms with Gasteiger partial charge in [0.05, 0.1) is 0 Å². The molecule has 0 saturated carbocycles. The predicted octanol–water partition coefficient (Wildman–Crippen LogP) is 3.70. The Morgan fingerprint density at radius 2 is 1.92 bits per heavy atom. The molecule has 0 bridgehead atoms. The van der Waals surface area contributed by atoms with Crippen LogP contribution in [-0.4, -0.2) is 28.6 Å². The van der Waals surface area contributed by atoms with E-state index in [0.717, 1.165) is 11.1 Å². The van der Waals surface area contributed by atoms with E-state index in [1.54, 1.807) is 19.1 Å². The Morgan fingerprint density at radius 1 is 1.21 bits per heavy atom. The molecule has 0 aliphatic carbocycles. The molecule has 0 aliphatic heterocycles. The normalized spacial score (nSPS) is 12.2. The molecular weight excluding hydrogens is 309 g/mol. The summed E-state index contributed by atoms with van der Waals surface area (Å²) in [4.78, 5) is 13.0. The first kappa shape index (κ1) is 17.9. The molecule has 0 aromatic heterocycles. The van der Waals surface area contributed by atoms with Gasteiger partial charge in [0.2, 0.25) is 0 Å². The lowest BCUT2D eigenvalue weighted by Crippen LogP contribution is -2.38. The molecule has 0 saturated heterocycles. The number of carbonyl (C=O) groups is 1. The standard InChI is InChI=1S/C19H22FNO3/c1-3-21(14(2)19(22)23)12-16-5-4-6-18(11-16)24-13-15-7-9-17(20)10-8-15/h4-11,14H,3,12-13H2,1-2H3,(H,22,23). The van der Waals surface area contributed by atoms with Gasteiger partial charge in [-0.05, 0) is 48.9 Å². The van der Waals surface area contributed by atoms with Crippen molar-refractivity contribution in [1.29, 1.82) is 0 Å². The molecule has 0 fully saturated rings. The van der Waals surface area contributed by atoms with Crippen molar-refractivity contribution in [2.24, 2.45) is 0 Å². The molecule has 4 nitrogen and oxygen atoms in total. The van der Waals surface area contributed by atoms with Crippen LogP contribution in [0.3, 0.4) is 0 Å². The van der Waals surface area contributed by atoms with Gasteiger partial charge in [-0.1, -0.05) is 31.2 Å². The van der Waals surface area contributed by atoms with Crippen LogP contribution in [-0.2, 0) is 17.9 Å². The summed E-state index contributed by atoms with van der Waals surface area (Å²) in [6.07, 6.45) is 0. The Balaban J connectivity index is 2.00. The number of halogens is 1. The van der Waals surface area contributed by atoms with E-state index in [1.165, 1.54) is 12.1 Å². The van der Waals surface area contributed by atoms with Crippen LogP contribution in [0.4, 0.5) is 4.39 Å². The number of carboxylic acids is 1. The summed E-state index contributed by atoms with van der Waals surface area (Å²) in [5.74, 6) is -0.399. The topological polar surface area (TPSA) is 49.8 Å². The fraction of sp³-hybridized carbons (Fsp3) is 0.316. The van der Waals surface area contributed by atoms with Crippen molar-refractivity contribution in [3.63, 3.8) is 0 Å². The third-order valence-electron chi connectivity index (χ3n) is 3.91. The van der Waals surface area contributed by atoms with E-state index in [1.807, 2.05) is 36.1 Å². The van der Waals surface area contributed by atoms with Crippen molar-refractivity contribution >= 4 is 5.97 Å². The first-order valence-corrected chi connectivity index (χ1v) is 7.92. The van der Waals surface area contributed by atoms with Crippen LogP contribution in [0.2, 0.25) is 0 Å². The molecule has 0 amide bonds. The molecule has 2 aromatic rings. The van der Waals surface area contributed by atoms with Crippen molar-refractivity contribution in [1.82, 2.24) is 4.90 Å². The molecule has 0 spiro atoms. The summed E-state index contributed by atoms with van der Waals surface area (Å²) in [7, 11) is 0. The number of aliphatic carboxylic acids is 1. The van der Waals surface area contributed by atoms with Gasteiger partial charge in [-0.3, -0.25) is 9.69 Å². The lowest BCUT2D eigenvalue weighted by molar-refractivity contribution is -0.142. The largest absolute Gasteiger partial charge is 0.489 e. The van der Waals surface area contributed by atoms with E-state index in [-0.39, 0.29) is 5.82 Å². The number of hydrogen-bond acceptors (Lipinski definition) is 3. The second-order valence-electron chi connectivity index (χ2n) is 5.64. The lowest BCUT2D eigenvalue weighted by atomic mass is 10.1. The maximum absolute atomic E-state index is 12.9. The zero-order chi connectivity index (χ0) is 17.5. The average molecular weight is 331 g/mol. The van der Waals surface area contributed by atoms with E-state index in [9.17, 15) is 9.18 Å². The Labute approximate surface area is 141 Å². The number of nitrogens with zero attached hydrogens (tertiary/aromatic N) is 1. The number of ether oxygens (including phenoxy) is 1. The minimum absolute atomic E-state index is 0.270. The summed E-state index contributed by atoms with van der Waals surface area (Å²) < 4.78 is 18.6. The Morgan fingerprint density at radius 3 is 2.54 bits per heavy atom. The van der Waals surface area contributed by atoms with E-state index < -0.39 is 12.0 Å². The van der Waals surface area contributed by atoms with Gasteiger partial charge in [-0.15, -0.1) is 0 Å². The summed E-state index contributed by atoms with van der Waals surface area (Å²) in [5, 5.41) is 9.15. The number of likely N-dealkylation sites (N-methyl/N-ethyl adjacent to an activating group) is 1. The van der Waals surface area contributed by atoms with Crippen LogP contribution in [0.25, 0.3) is 0 Å². The third-order valence-corrected chi connectivity index (χ3v) is 3.91. The van der Waals surface area contributed by atoms with Crippen molar-refractivity contribution in [2.75, 3.05) is 6.54 Å². The molecule has 2 rings (SSSR count). The highest BCUT2D eigenvalue weighted by Crippen LogP contribution is 2.17. The SMILES string of the molecule is CCN(Cc1cccc(OCc2ccc(F)cc2)c1)C(C)C(=O)O. The molecule has 0 aliphatic rings. The number of carboxylic acid groups (broad SMARTS) is 1. The van der Waals surface area contributed by atoms with Crippen LogP contribution < -0.4 is 4.74 Å². The molecule has 1 unspecified atom stereocenters. The van der Waals surface area contributed by atoms with Crippen LogP contribution >= 0.6 is 0 Å². The number of benzene rings is 2. The average Bonchev–Trinajstić information content (AvgIpc) is 2.59. The summed E-state index contributed by atoms with van der Waals surface area (Å²) in [5.41, 5.74) is 1.87. The highest BCUT2D eigenvalue weighted by Gasteiger charge is 2.19. The zero-order valence-electron chi connectivity index (χ0n) is 13.9. The summed E-state index contributed by atoms with van der Waals surface area (Å²) in [6.45, 7) is 5.16. The van der Waals surface area contributed by atoms with Crippen LogP contribution in [0.5, 0.6) is 5.75 Å². The van der Waals surface area contributed by atoms with Gasteiger partial charge in [0, 0.05) is 6.54 Å². The molecule has 1 N–H and O–H groups in total. The monoisotopic (exact) mass is 331 g/mol. The van der Waals surface area contributed by atoms with Crippen LogP contribution in [0, 0.1) is 5.82 Å². The van der Waals surface area contributed by atoms with E-state index in [4.69, 9.17) is 9.84 Å². The fourth-order valence-electron chi connectivity index (χ4n) is 2.39. The Bertz CT molecular complexity index is 673. The van der Waals surface area contributed by atoms with Gasteiger partial charge in [-0.2, -0.15) is 0 Å². The Hall–Kier alpha value is -2.40. The highest BCUT2D eigenvalue weighted by molar-refractivity contribution is 5.72. The molecule has 128 valence electrons. The molecule has 1 atom stereocenters. The van der Waals surface area contributed by atoms with Gasteiger partial charge in [-0.25, -0.2) is 4.39 Å². The van der Waals surface area contributed by atoms with Gasteiger partial charge < -0.3 is 9.84 Å². The van der Waals surface area contributed by atoms with E-state index in [2.05, 4.69) is 0 Å². The van der Waals surface area contributed by atoms with Crippen LogP contribution in [0.1, 0.15) is 25.0 Å². The molecular formula is C19H22FNO3. The quantitative estimate of drug-likeness (QED) is 0.801. The second kappa shape index (κ2) is 8.45. The van der Waals surface area contributed by atoms with Crippen molar-refractivity contribution in [2.45, 2.75) is 33.0 Å². The molecule has 0 radical (unpaired) electrons. The third kappa shape index (κ3) is 5.06. The summed E-state index contributed by atoms with van der Waals surface area (Å²) >= 11 is 0. The maximum atomic E-state index is 12.9. The summed E-state index contributed by atoms with van der Waals surface area (Å²) in [6, 6.07) is 13.2. The maximum Gasteiger partial charge on any atom is 0.320 e. The van der Waals surface area contributed by atoms with Crippen LogP contribution in [0.15, 0.2) is 48.5 Å². The molecule has 24 heavy (non-hydrogen) atoms. The fourth-order valence-corrected chi connectivity index (χ4v) is 2.39. The highest BCUT2D eigenvalue weighted by atomic mass is 19.1. The number of hydrogen-bond donors (Lipinski definition) is 1. The van der Waals surface area contributed by atoms with Crippen molar-refractivity contribution < 1.29 is 19.0 Å². The Kier molecular flexibility index (Phi) is 6.32. The zero-order valence-corrected chi connectivity index (χ0v) is 13.9. The smallest absolute Gasteiger partial charge is 0.320 e. The first-order valence-electron chi connectivity index (χ1n) is 7.92. The van der Waals surface area contributed by atoms with Gasteiger partial charge in [0.25, 0.3) is 0 Å². The first-order chi connectivity index (χ1) is 11.5. The number of rotatable bonds is 8.